The first-order valence-electron chi connectivity index (χ1n) is 12.2. The molecule has 0 aromatic carbocycles. The first kappa shape index (κ1) is 43.3. The van der Waals surface area contributed by atoms with Crippen LogP contribution in [0.5, 0.6) is 0 Å². The van der Waals surface area contributed by atoms with Crippen molar-refractivity contribution < 1.29 is 95.3 Å². The van der Waals surface area contributed by atoms with Crippen molar-refractivity contribution >= 4 is 18.8 Å². The van der Waals surface area contributed by atoms with Gasteiger partial charge in [0.1, 0.15) is 0 Å². The normalized spacial score (nSPS) is 15.7. The zero-order valence-electron chi connectivity index (χ0n) is 22.1. The van der Waals surface area contributed by atoms with Gasteiger partial charge >= 0.3 is 240 Å². The van der Waals surface area contributed by atoms with E-state index in [0.29, 0.717) is 19.3 Å². The maximum absolute atomic E-state index is 15.2. The van der Waals surface area contributed by atoms with Gasteiger partial charge in [0, 0.05) is 0 Å². The Hall–Kier alpha value is -0.711. The molecule has 44 heavy (non-hydrogen) atoms. The van der Waals surface area contributed by atoms with Gasteiger partial charge in [0.15, 0.2) is 0 Å². The molecule has 0 unspecified atom stereocenters. The Morgan fingerprint density at radius 3 is 0.909 bits per heavy atom. The van der Waals surface area contributed by atoms with Crippen LogP contribution >= 0.6 is 0 Å². The third-order valence-corrected chi connectivity index (χ3v) is 18.5. The molecule has 0 aliphatic carbocycles. The minimum absolute atomic E-state index is 0.146. The van der Waals surface area contributed by atoms with E-state index < -0.39 is 106 Å². The zero-order valence-corrected chi connectivity index (χ0v) is 25.0. The second kappa shape index (κ2) is 14.2. The Balaban J connectivity index is 8.03. The van der Waals surface area contributed by atoms with Crippen LogP contribution in [-0.2, 0) is 3.07 Å². The summed E-state index contributed by atoms with van der Waals surface area (Å²) in [6.45, 7) is -13.3. The molecule has 0 bridgehead atoms. The van der Waals surface area contributed by atoms with E-state index >= 15 is 26.3 Å². The molecule has 0 saturated carbocycles. The topological polar surface area (TPSA) is 9.23 Å². The van der Waals surface area contributed by atoms with Crippen LogP contribution in [0.15, 0.2) is 0 Å². The first-order valence-corrected chi connectivity index (χ1v) is 17.7. The SMILES string of the molecule is CCCCCCCCC[O][Sn]([C](F)(F)C(F)(F)C(F)(F)CF)([C](F)(F)C(F)(F)C(F)(F)CF)[C](F)(F)C(F)(F)C(F)(F)CF. The molecule has 266 valence electrons. The van der Waals surface area contributed by atoms with Crippen LogP contribution in [0.2, 0.25) is 0 Å². The number of hydrogen-bond acceptors (Lipinski definition) is 1. The summed E-state index contributed by atoms with van der Waals surface area (Å²) in [6.07, 6.45) is -0.493. The fourth-order valence-corrected chi connectivity index (χ4v) is 15.3. The van der Waals surface area contributed by atoms with Crippen LogP contribution in [0.4, 0.5) is 92.2 Å². The van der Waals surface area contributed by atoms with E-state index in [-0.39, 0.29) is 12.8 Å². The predicted octanol–water partition coefficient (Wildman–Crippen LogP) is 9.94. The Labute approximate surface area is 240 Å². The van der Waals surface area contributed by atoms with E-state index in [4.69, 9.17) is 0 Å². The van der Waals surface area contributed by atoms with Crippen molar-refractivity contribution in [2.45, 2.75) is 99.2 Å². The van der Waals surface area contributed by atoms with E-state index in [9.17, 15) is 65.9 Å². The second-order valence-electron chi connectivity index (χ2n) is 9.61. The molecule has 0 atom stereocenters. The van der Waals surface area contributed by atoms with E-state index in [2.05, 4.69) is 3.07 Å². The molecule has 0 aromatic rings. The molecule has 0 amide bonds. The average molecular weight is 811 g/mol. The molecular formula is C21H25F21OSn. The molecule has 0 aliphatic heterocycles. The van der Waals surface area contributed by atoms with Crippen molar-refractivity contribution in [2.75, 3.05) is 26.6 Å². The van der Waals surface area contributed by atoms with Gasteiger partial charge in [-0.05, 0) is 0 Å². The van der Waals surface area contributed by atoms with Crippen LogP contribution in [0, 0.1) is 0 Å². The molecule has 0 spiro atoms. The van der Waals surface area contributed by atoms with Crippen molar-refractivity contribution in [3.05, 3.63) is 0 Å². The summed E-state index contributed by atoms with van der Waals surface area (Å²) in [5.74, 6) is -46.5. The van der Waals surface area contributed by atoms with Crippen molar-refractivity contribution in [1.29, 1.82) is 0 Å². The molecular weight excluding hydrogens is 786 g/mol. The Morgan fingerprint density at radius 1 is 0.409 bits per heavy atom. The monoisotopic (exact) mass is 812 g/mol. The van der Waals surface area contributed by atoms with Gasteiger partial charge in [-0.2, -0.15) is 0 Å². The molecule has 0 fully saturated rings. The van der Waals surface area contributed by atoms with Crippen molar-refractivity contribution in [3.8, 4) is 0 Å². The molecule has 23 heteroatoms. The molecule has 0 rings (SSSR count). The van der Waals surface area contributed by atoms with Crippen LogP contribution in [0.25, 0.3) is 0 Å². The molecule has 0 radical (unpaired) electrons. The van der Waals surface area contributed by atoms with Gasteiger partial charge in [0.2, 0.25) is 0 Å². The van der Waals surface area contributed by atoms with Crippen molar-refractivity contribution in [1.82, 2.24) is 0 Å². The molecule has 1 nitrogen and oxygen atoms in total. The molecule has 0 N–H and O–H groups in total. The zero-order chi connectivity index (χ0) is 35.5. The number of halogens is 21. The summed E-state index contributed by atoms with van der Waals surface area (Å²) in [7, 11) is 0. The summed E-state index contributed by atoms with van der Waals surface area (Å²) in [5, 5.41) is 0. The van der Waals surface area contributed by atoms with Gasteiger partial charge in [-0.15, -0.1) is 0 Å². The maximum atomic E-state index is 15.2. The Bertz CT molecular complexity index is 808. The molecule has 0 aromatic heterocycles. The van der Waals surface area contributed by atoms with Crippen LogP contribution in [-0.4, -0.2) is 92.8 Å². The van der Waals surface area contributed by atoms with Crippen LogP contribution in [0.1, 0.15) is 51.9 Å². The fourth-order valence-electron chi connectivity index (χ4n) is 3.75. The summed E-state index contributed by atoms with van der Waals surface area (Å²) in [5.41, 5.74) is 0. The number of unbranched alkanes of at least 4 members (excludes halogenated alkanes) is 6. The third-order valence-electron chi connectivity index (χ3n) is 6.46. The van der Waals surface area contributed by atoms with Gasteiger partial charge in [-0.3, -0.25) is 0 Å². The molecule has 0 aliphatic rings. The standard InChI is InChI=1S/C9H19O.3C4H2F7.Sn/c1-2-3-4-5-6-7-8-9-10;3*5-1-3(8,9)4(10,11)2(6)7;/h2-9H2,1H3;3*1H2;/q-1;;;;+1. The van der Waals surface area contributed by atoms with E-state index in [1.807, 2.05) is 0 Å². The minimum atomic E-state index is -12.3. The van der Waals surface area contributed by atoms with E-state index in [1.54, 1.807) is 6.92 Å². The Morgan fingerprint density at radius 2 is 0.659 bits per heavy atom. The van der Waals surface area contributed by atoms with Gasteiger partial charge in [-0.25, -0.2) is 0 Å². The third kappa shape index (κ3) is 6.66. The van der Waals surface area contributed by atoms with Gasteiger partial charge < -0.3 is 0 Å². The second-order valence-corrected chi connectivity index (χ2v) is 19.7. The Kier molecular flexibility index (Phi) is 14.0. The first-order chi connectivity index (χ1) is 19.5. The molecule has 0 saturated heterocycles. The van der Waals surface area contributed by atoms with Crippen LogP contribution < -0.4 is 0 Å². The van der Waals surface area contributed by atoms with E-state index in [1.165, 1.54) is 0 Å². The van der Waals surface area contributed by atoms with Gasteiger partial charge in [-0.1, -0.05) is 0 Å². The summed E-state index contributed by atoms with van der Waals surface area (Å²) in [6, 6.07) is 0. The van der Waals surface area contributed by atoms with Crippen molar-refractivity contribution in [3.63, 3.8) is 0 Å². The quantitative estimate of drug-likeness (QED) is 0.0638. The van der Waals surface area contributed by atoms with E-state index in [0.717, 1.165) is 0 Å². The predicted molar refractivity (Wildman–Crippen MR) is 112 cm³/mol. The van der Waals surface area contributed by atoms with Crippen LogP contribution in [0.3, 0.4) is 0 Å². The van der Waals surface area contributed by atoms with Crippen molar-refractivity contribution in [2.24, 2.45) is 0 Å². The molecule has 0 heterocycles. The average Bonchev–Trinajstić information content (AvgIpc) is 2.90. The fraction of sp³-hybridized carbons (Fsp3) is 1.00. The summed E-state index contributed by atoms with van der Waals surface area (Å²) < 4.78 is 274. The number of alkyl halides is 21. The number of rotatable bonds is 21. The number of hydrogen-bond donors (Lipinski definition) is 0. The van der Waals surface area contributed by atoms with Gasteiger partial charge in [0.25, 0.3) is 0 Å². The summed E-state index contributed by atoms with van der Waals surface area (Å²) in [4.78, 5) is 0. The van der Waals surface area contributed by atoms with Gasteiger partial charge in [0.05, 0.1) is 0 Å². The summed E-state index contributed by atoms with van der Waals surface area (Å²) >= 11 is -12.3.